The van der Waals surface area contributed by atoms with Crippen molar-refractivity contribution in [1.29, 1.82) is 0 Å². The molecule has 1 saturated carbocycles. The number of ether oxygens (including phenoxy) is 2. The standard InChI is InChI=1S/C32H40N6O5/c1-5-41-26(39)20-37-21-34-27-28(33-18-25-12-9-17-42-25)35-30(36-29(27)37)38(31(40)43-32(2,3)4)19-22-13-15-24(16-14-22)23-10-7-6-8-11-23/h9,12-17,21,23H,5-8,10-11,18-20H2,1-4H3,(H,33,35,36). The molecule has 0 saturated heterocycles. The van der Waals surface area contributed by atoms with Crippen molar-refractivity contribution in [3.63, 3.8) is 0 Å². The maximum Gasteiger partial charge on any atom is 0.417 e. The minimum atomic E-state index is -0.740. The number of aromatic nitrogens is 4. The van der Waals surface area contributed by atoms with E-state index in [0.717, 1.165) is 5.56 Å². The molecule has 1 aliphatic carbocycles. The quantitative estimate of drug-likeness (QED) is 0.204. The van der Waals surface area contributed by atoms with E-state index in [-0.39, 0.29) is 25.6 Å². The summed E-state index contributed by atoms with van der Waals surface area (Å²) in [5.74, 6) is 1.36. The van der Waals surface area contributed by atoms with Crippen LogP contribution in [0.15, 0.2) is 53.4 Å². The predicted octanol–water partition coefficient (Wildman–Crippen LogP) is 6.58. The van der Waals surface area contributed by atoms with Crippen LogP contribution in [0, 0.1) is 0 Å². The zero-order chi connectivity index (χ0) is 30.4. The zero-order valence-corrected chi connectivity index (χ0v) is 25.3. The molecule has 5 rings (SSSR count). The number of carbonyl (C=O) groups is 2. The molecule has 3 aromatic heterocycles. The molecule has 0 aliphatic heterocycles. The number of hydrogen-bond acceptors (Lipinski definition) is 9. The van der Waals surface area contributed by atoms with E-state index in [4.69, 9.17) is 23.9 Å². The third-order valence-electron chi connectivity index (χ3n) is 7.32. The SMILES string of the molecule is CCOC(=O)Cn1cnc2c(NCc3ccco3)nc(N(Cc3ccc(C4CCCCC4)cc3)C(=O)OC(C)(C)C)nc21. The van der Waals surface area contributed by atoms with E-state index in [1.165, 1.54) is 48.9 Å². The molecule has 1 aromatic carbocycles. The molecule has 4 aromatic rings. The van der Waals surface area contributed by atoms with Crippen molar-refractivity contribution in [2.24, 2.45) is 0 Å². The lowest BCUT2D eigenvalue weighted by atomic mass is 9.84. The lowest BCUT2D eigenvalue weighted by Crippen LogP contribution is -2.37. The third kappa shape index (κ3) is 7.71. The van der Waals surface area contributed by atoms with Gasteiger partial charge in [0.25, 0.3) is 0 Å². The summed E-state index contributed by atoms with van der Waals surface area (Å²) in [5.41, 5.74) is 2.33. The van der Waals surface area contributed by atoms with Crippen molar-refractivity contribution in [3.05, 3.63) is 65.9 Å². The first-order valence-corrected chi connectivity index (χ1v) is 14.9. The Bertz CT molecular complexity index is 1520. The summed E-state index contributed by atoms with van der Waals surface area (Å²) in [7, 11) is 0. The van der Waals surface area contributed by atoms with Crippen LogP contribution in [0.3, 0.4) is 0 Å². The molecule has 0 unspecified atom stereocenters. The van der Waals surface area contributed by atoms with Crippen LogP contribution >= 0.6 is 0 Å². The molecule has 11 nitrogen and oxygen atoms in total. The molecule has 43 heavy (non-hydrogen) atoms. The zero-order valence-electron chi connectivity index (χ0n) is 25.3. The van der Waals surface area contributed by atoms with Gasteiger partial charge in [-0.3, -0.25) is 4.79 Å². The number of anilines is 2. The monoisotopic (exact) mass is 588 g/mol. The Morgan fingerprint density at radius 3 is 2.53 bits per heavy atom. The topological polar surface area (TPSA) is 125 Å². The molecule has 1 amide bonds. The summed E-state index contributed by atoms with van der Waals surface area (Å²) in [4.78, 5) is 41.4. The second kappa shape index (κ2) is 13.3. The first-order chi connectivity index (χ1) is 20.7. The van der Waals surface area contributed by atoms with Crippen molar-refractivity contribution in [2.75, 3.05) is 16.8 Å². The first-order valence-electron chi connectivity index (χ1n) is 14.9. The van der Waals surface area contributed by atoms with Crippen LogP contribution in [0.1, 0.15) is 82.6 Å². The van der Waals surface area contributed by atoms with Crippen molar-refractivity contribution >= 4 is 35.0 Å². The Labute approximate surface area is 251 Å². The normalized spacial score (nSPS) is 14.0. The van der Waals surface area contributed by atoms with E-state index >= 15 is 0 Å². The van der Waals surface area contributed by atoms with Crippen LogP contribution in [0.5, 0.6) is 0 Å². The molecule has 11 heteroatoms. The van der Waals surface area contributed by atoms with Crippen LogP contribution in [0.4, 0.5) is 16.6 Å². The van der Waals surface area contributed by atoms with Crippen LogP contribution < -0.4 is 10.2 Å². The van der Waals surface area contributed by atoms with Gasteiger partial charge in [0, 0.05) is 0 Å². The van der Waals surface area contributed by atoms with Gasteiger partial charge in [0.15, 0.2) is 17.0 Å². The number of hydrogen-bond donors (Lipinski definition) is 1. The molecule has 0 radical (unpaired) electrons. The van der Waals surface area contributed by atoms with Crippen molar-refractivity contribution in [2.45, 2.75) is 91.0 Å². The van der Waals surface area contributed by atoms with Crippen LogP contribution in [-0.4, -0.2) is 43.8 Å². The fraction of sp³-hybridized carbons (Fsp3) is 0.469. The summed E-state index contributed by atoms with van der Waals surface area (Å²) >= 11 is 0. The number of amides is 1. The van der Waals surface area contributed by atoms with Gasteiger partial charge < -0.3 is 23.8 Å². The molecule has 1 aliphatic rings. The van der Waals surface area contributed by atoms with E-state index in [1.54, 1.807) is 23.8 Å². The fourth-order valence-corrected chi connectivity index (χ4v) is 5.27. The molecule has 1 fully saturated rings. The highest BCUT2D eigenvalue weighted by molar-refractivity contribution is 5.90. The highest BCUT2D eigenvalue weighted by atomic mass is 16.6. The second-order valence-electron chi connectivity index (χ2n) is 11.8. The van der Waals surface area contributed by atoms with Gasteiger partial charge in [-0.05, 0) is 69.7 Å². The Balaban J connectivity index is 1.51. The number of esters is 1. The van der Waals surface area contributed by atoms with Gasteiger partial charge in [-0.2, -0.15) is 9.97 Å². The molecular formula is C32H40N6O5. The van der Waals surface area contributed by atoms with E-state index in [1.807, 2.05) is 26.8 Å². The first kappa shape index (κ1) is 30.1. The van der Waals surface area contributed by atoms with E-state index in [2.05, 4.69) is 34.6 Å². The summed E-state index contributed by atoms with van der Waals surface area (Å²) in [6.07, 6.45) is 8.78. The minimum absolute atomic E-state index is 0.0898. The average Bonchev–Trinajstić information content (AvgIpc) is 3.65. The van der Waals surface area contributed by atoms with Crippen LogP contribution in [0.25, 0.3) is 11.2 Å². The molecule has 0 bridgehead atoms. The number of rotatable bonds is 10. The molecule has 1 N–H and O–H groups in total. The Morgan fingerprint density at radius 1 is 1.09 bits per heavy atom. The molecule has 0 spiro atoms. The summed E-state index contributed by atoms with van der Waals surface area (Å²) in [6.45, 7) is 7.89. The highest BCUT2D eigenvalue weighted by Crippen LogP contribution is 2.33. The van der Waals surface area contributed by atoms with Gasteiger partial charge in [0.1, 0.15) is 17.9 Å². The minimum Gasteiger partial charge on any atom is -0.467 e. The number of benzene rings is 1. The summed E-state index contributed by atoms with van der Waals surface area (Å²) < 4.78 is 18.0. The number of nitrogens with one attached hydrogen (secondary N) is 1. The van der Waals surface area contributed by atoms with E-state index in [0.29, 0.717) is 35.2 Å². The Morgan fingerprint density at radius 2 is 1.86 bits per heavy atom. The smallest absolute Gasteiger partial charge is 0.417 e. The maximum atomic E-state index is 13.6. The number of carbonyl (C=O) groups excluding carboxylic acids is 2. The van der Waals surface area contributed by atoms with Crippen molar-refractivity contribution in [1.82, 2.24) is 19.5 Å². The van der Waals surface area contributed by atoms with Gasteiger partial charge in [-0.1, -0.05) is 43.5 Å². The van der Waals surface area contributed by atoms with Crippen LogP contribution in [-0.2, 0) is 33.9 Å². The Hall–Kier alpha value is -4.41. The largest absolute Gasteiger partial charge is 0.467 e. The van der Waals surface area contributed by atoms with Gasteiger partial charge in [0.05, 0.1) is 32.3 Å². The van der Waals surface area contributed by atoms with Gasteiger partial charge in [0.2, 0.25) is 5.95 Å². The van der Waals surface area contributed by atoms with Crippen molar-refractivity contribution in [3.8, 4) is 0 Å². The second-order valence-corrected chi connectivity index (χ2v) is 11.8. The molecule has 0 atom stereocenters. The summed E-state index contributed by atoms with van der Waals surface area (Å²) in [6, 6.07) is 12.1. The third-order valence-corrected chi connectivity index (χ3v) is 7.32. The van der Waals surface area contributed by atoms with Gasteiger partial charge in [-0.25, -0.2) is 14.7 Å². The lowest BCUT2D eigenvalue weighted by Gasteiger charge is -2.27. The Kier molecular flexibility index (Phi) is 9.27. The number of furan rings is 1. The van der Waals surface area contributed by atoms with Crippen LogP contribution in [0.2, 0.25) is 0 Å². The van der Waals surface area contributed by atoms with E-state index < -0.39 is 17.7 Å². The molecule has 3 heterocycles. The number of fused-ring (bicyclic) bond motifs is 1. The fourth-order valence-electron chi connectivity index (χ4n) is 5.27. The lowest BCUT2D eigenvalue weighted by molar-refractivity contribution is -0.143. The van der Waals surface area contributed by atoms with Gasteiger partial charge >= 0.3 is 12.1 Å². The summed E-state index contributed by atoms with van der Waals surface area (Å²) in [5, 5.41) is 3.26. The maximum absolute atomic E-state index is 13.6. The van der Waals surface area contributed by atoms with Gasteiger partial charge in [-0.15, -0.1) is 0 Å². The predicted molar refractivity (Wildman–Crippen MR) is 163 cm³/mol. The molecule has 228 valence electrons. The molecular weight excluding hydrogens is 548 g/mol. The van der Waals surface area contributed by atoms with E-state index in [9.17, 15) is 9.59 Å². The number of imidazole rings is 1. The average molecular weight is 589 g/mol. The van der Waals surface area contributed by atoms with Crippen molar-refractivity contribution < 1.29 is 23.5 Å². The number of nitrogens with zero attached hydrogens (tertiary/aromatic N) is 5. The highest BCUT2D eigenvalue weighted by Gasteiger charge is 2.28.